The minimum atomic E-state index is -0.452. The maximum Gasteiger partial charge on any atom is 0.247 e. The van der Waals surface area contributed by atoms with Crippen LogP contribution in [0, 0.1) is 12.7 Å². The summed E-state index contributed by atoms with van der Waals surface area (Å²) < 4.78 is 14.2. The van der Waals surface area contributed by atoms with Crippen molar-refractivity contribution in [3.63, 3.8) is 0 Å². The highest BCUT2D eigenvalue weighted by molar-refractivity contribution is 5.98. The van der Waals surface area contributed by atoms with E-state index in [2.05, 4.69) is 39.5 Å². The summed E-state index contributed by atoms with van der Waals surface area (Å²) in [7, 11) is 0. The van der Waals surface area contributed by atoms with Gasteiger partial charge in [0.05, 0.1) is 0 Å². The highest BCUT2D eigenvalue weighted by atomic mass is 19.1. The van der Waals surface area contributed by atoms with Gasteiger partial charge >= 0.3 is 0 Å². The number of piperazine rings is 1. The molecule has 0 aliphatic carbocycles. The fourth-order valence-electron chi connectivity index (χ4n) is 6.49. The summed E-state index contributed by atoms with van der Waals surface area (Å²) in [6.45, 7) is 10.1. The number of fused-ring (bicyclic) bond motifs is 2. The van der Waals surface area contributed by atoms with Gasteiger partial charge in [-0.05, 0) is 61.6 Å². The van der Waals surface area contributed by atoms with Crippen molar-refractivity contribution in [2.24, 2.45) is 0 Å². The van der Waals surface area contributed by atoms with E-state index < -0.39 is 6.04 Å². The highest BCUT2D eigenvalue weighted by Crippen LogP contribution is 2.35. The van der Waals surface area contributed by atoms with Gasteiger partial charge < -0.3 is 15.5 Å². The van der Waals surface area contributed by atoms with Crippen LogP contribution in [-0.2, 0) is 11.2 Å². The van der Waals surface area contributed by atoms with E-state index in [0.29, 0.717) is 23.9 Å². The van der Waals surface area contributed by atoms with Gasteiger partial charge in [-0.25, -0.2) is 4.39 Å². The molecule has 0 bridgehead atoms. The second-order valence-corrected chi connectivity index (χ2v) is 11.4. The van der Waals surface area contributed by atoms with Crippen LogP contribution in [0.25, 0.3) is 0 Å². The van der Waals surface area contributed by atoms with Crippen LogP contribution >= 0.6 is 0 Å². The predicted molar refractivity (Wildman–Crippen MR) is 150 cm³/mol. The molecule has 200 valence electrons. The number of rotatable bonds is 10. The third kappa shape index (κ3) is 6.18. The van der Waals surface area contributed by atoms with E-state index in [-0.39, 0.29) is 11.7 Å². The Balaban J connectivity index is 1.12. The lowest BCUT2D eigenvalue weighted by Gasteiger charge is -2.37. The molecule has 3 aliphatic rings. The van der Waals surface area contributed by atoms with Crippen molar-refractivity contribution in [1.82, 2.24) is 9.80 Å². The summed E-state index contributed by atoms with van der Waals surface area (Å²) in [5.41, 5.74) is 4.48. The van der Waals surface area contributed by atoms with E-state index in [1.807, 2.05) is 19.1 Å². The van der Waals surface area contributed by atoms with Gasteiger partial charge in [0, 0.05) is 55.6 Å². The second kappa shape index (κ2) is 12.0. The molecule has 0 radical (unpaired) electrons. The lowest BCUT2D eigenvalue weighted by atomic mass is 9.95. The maximum absolute atomic E-state index is 14.2. The average molecular weight is 507 g/mol. The van der Waals surface area contributed by atoms with Crippen molar-refractivity contribution in [3.05, 3.63) is 58.9 Å². The number of unbranched alkanes of at least 4 members (excludes halogenated alkanes) is 5. The fraction of sp³-hybridized carbons (Fsp3) is 0.581. The van der Waals surface area contributed by atoms with Gasteiger partial charge in [0.25, 0.3) is 0 Å². The molecule has 37 heavy (non-hydrogen) atoms. The number of aryl methyl sites for hydroxylation is 1. The lowest BCUT2D eigenvalue weighted by Crippen LogP contribution is -2.50. The largest absolute Gasteiger partial charge is 0.373 e. The first-order valence-corrected chi connectivity index (χ1v) is 14.4. The van der Waals surface area contributed by atoms with Crippen LogP contribution in [-0.4, -0.2) is 60.5 Å². The normalized spacial score (nSPS) is 23.5. The Bertz CT molecular complexity index is 1060. The first kappa shape index (κ1) is 26.2. The van der Waals surface area contributed by atoms with Crippen molar-refractivity contribution in [3.8, 4) is 0 Å². The topological polar surface area (TPSA) is 47.6 Å². The van der Waals surface area contributed by atoms with Crippen LogP contribution in [0.2, 0.25) is 0 Å². The summed E-state index contributed by atoms with van der Waals surface area (Å²) in [6, 6.07) is 11.8. The van der Waals surface area contributed by atoms with E-state index in [9.17, 15) is 9.18 Å². The van der Waals surface area contributed by atoms with Crippen LogP contribution in [0.4, 0.5) is 15.8 Å². The number of halogens is 1. The van der Waals surface area contributed by atoms with E-state index >= 15 is 0 Å². The number of nitrogens with zero attached hydrogens (tertiary/aromatic N) is 2. The summed E-state index contributed by atoms with van der Waals surface area (Å²) in [5.74, 6) is 0.149. The van der Waals surface area contributed by atoms with Gasteiger partial charge in [-0.3, -0.25) is 9.69 Å². The van der Waals surface area contributed by atoms with Gasteiger partial charge in [-0.1, -0.05) is 57.2 Å². The number of hydrogen-bond acceptors (Lipinski definition) is 4. The summed E-state index contributed by atoms with van der Waals surface area (Å²) in [4.78, 5) is 18.4. The molecule has 0 spiro atoms. The number of nitrogens with one attached hydrogen (secondary N) is 2. The zero-order valence-electron chi connectivity index (χ0n) is 22.6. The number of carbonyl (C=O) groups is 1. The van der Waals surface area contributed by atoms with Gasteiger partial charge in [0.2, 0.25) is 5.91 Å². The highest BCUT2D eigenvalue weighted by Gasteiger charge is 2.36. The fourth-order valence-corrected chi connectivity index (χ4v) is 6.49. The van der Waals surface area contributed by atoms with E-state index in [1.165, 1.54) is 76.2 Å². The molecule has 2 fully saturated rings. The molecule has 3 unspecified atom stereocenters. The zero-order valence-corrected chi connectivity index (χ0v) is 22.6. The molecular formula is C31H43FN4O. The first-order valence-electron chi connectivity index (χ1n) is 14.4. The molecule has 1 amide bonds. The molecule has 3 aliphatic heterocycles. The number of amides is 1. The molecule has 3 heterocycles. The predicted octanol–water partition coefficient (Wildman–Crippen LogP) is 5.94. The molecule has 2 aromatic carbocycles. The Hall–Kier alpha value is -2.44. The van der Waals surface area contributed by atoms with Crippen molar-refractivity contribution in [2.45, 2.75) is 83.2 Å². The standard InChI is InChI=1S/C31H43FN4O/c1-3-4-5-6-7-8-14-35-15-16-36-20-24(18-26(36)21-35)23-10-9-11-25(17-23)33-31(37)29-19-27-28(32)13-12-22(2)30(27)34-29/h9-13,17,24,26,29,34H,3-8,14-16,18-21H2,1-2H3,(H,33,37). The second-order valence-electron chi connectivity index (χ2n) is 11.4. The van der Waals surface area contributed by atoms with Gasteiger partial charge in [-0.15, -0.1) is 0 Å². The molecule has 3 atom stereocenters. The Morgan fingerprint density at radius 1 is 1.08 bits per heavy atom. The van der Waals surface area contributed by atoms with E-state index in [1.54, 1.807) is 6.07 Å². The third-order valence-corrected chi connectivity index (χ3v) is 8.66. The number of carbonyl (C=O) groups excluding carboxylic acids is 1. The van der Waals surface area contributed by atoms with Crippen LogP contribution in [0.3, 0.4) is 0 Å². The SMILES string of the molecule is CCCCCCCCN1CCN2CC(c3cccc(NC(=O)C4Cc5c(F)ccc(C)c5N4)c3)CC2C1. The molecule has 0 saturated carbocycles. The molecule has 2 N–H and O–H groups in total. The maximum atomic E-state index is 14.2. The third-order valence-electron chi connectivity index (χ3n) is 8.66. The molecular weight excluding hydrogens is 463 g/mol. The Morgan fingerprint density at radius 3 is 2.76 bits per heavy atom. The first-order chi connectivity index (χ1) is 18.0. The van der Waals surface area contributed by atoms with Crippen molar-refractivity contribution >= 4 is 17.3 Å². The summed E-state index contributed by atoms with van der Waals surface area (Å²) in [5, 5.41) is 6.32. The number of hydrogen-bond donors (Lipinski definition) is 2. The lowest BCUT2D eigenvalue weighted by molar-refractivity contribution is -0.116. The summed E-state index contributed by atoms with van der Waals surface area (Å²) >= 11 is 0. The van der Waals surface area contributed by atoms with Crippen LogP contribution in [0.5, 0.6) is 0 Å². The smallest absolute Gasteiger partial charge is 0.247 e. The van der Waals surface area contributed by atoms with Crippen LogP contribution in [0.1, 0.15) is 74.5 Å². The molecule has 5 nitrogen and oxygen atoms in total. The molecule has 0 aromatic heterocycles. The zero-order chi connectivity index (χ0) is 25.8. The quantitative estimate of drug-likeness (QED) is 0.391. The molecule has 5 rings (SSSR count). The van der Waals surface area contributed by atoms with Crippen molar-refractivity contribution in [1.29, 1.82) is 0 Å². The molecule has 6 heteroatoms. The van der Waals surface area contributed by atoms with E-state index in [0.717, 1.165) is 30.0 Å². The van der Waals surface area contributed by atoms with Crippen LogP contribution < -0.4 is 10.6 Å². The summed E-state index contributed by atoms with van der Waals surface area (Å²) in [6.07, 6.45) is 9.71. The Kier molecular flexibility index (Phi) is 8.46. The van der Waals surface area contributed by atoms with Crippen molar-refractivity contribution in [2.75, 3.05) is 43.4 Å². The molecule has 2 saturated heterocycles. The Morgan fingerprint density at radius 2 is 1.92 bits per heavy atom. The van der Waals surface area contributed by atoms with E-state index in [4.69, 9.17) is 0 Å². The van der Waals surface area contributed by atoms with Gasteiger partial charge in [0.15, 0.2) is 0 Å². The average Bonchev–Trinajstić information content (AvgIpc) is 3.54. The number of anilines is 2. The van der Waals surface area contributed by atoms with Crippen molar-refractivity contribution < 1.29 is 9.18 Å². The monoisotopic (exact) mass is 506 g/mol. The minimum absolute atomic E-state index is 0.110. The van der Waals surface area contributed by atoms with Crippen LogP contribution in [0.15, 0.2) is 36.4 Å². The minimum Gasteiger partial charge on any atom is -0.373 e. The number of benzene rings is 2. The Labute approximate surface area is 221 Å². The van der Waals surface area contributed by atoms with Gasteiger partial charge in [-0.2, -0.15) is 0 Å². The van der Waals surface area contributed by atoms with Gasteiger partial charge in [0.1, 0.15) is 11.9 Å². The molecule has 2 aromatic rings.